The van der Waals surface area contributed by atoms with E-state index in [9.17, 15) is 32.3 Å². The van der Waals surface area contributed by atoms with Gasteiger partial charge >= 0.3 is 18.0 Å². The van der Waals surface area contributed by atoms with Crippen LogP contribution in [-0.4, -0.2) is 39.0 Å². The highest BCUT2D eigenvalue weighted by Gasteiger charge is 2.51. The Bertz CT molecular complexity index is 659. The molecule has 3 rings (SSSR count). The van der Waals surface area contributed by atoms with Gasteiger partial charge in [0.05, 0.1) is 6.54 Å². The molecule has 8 nitrogen and oxygen atoms in total. The third-order valence-electron chi connectivity index (χ3n) is 2.50. The lowest BCUT2D eigenvalue weighted by atomic mass is 10.5. The van der Waals surface area contributed by atoms with Crippen molar-refractivity contribution in [3.63, 3.8) is 0 Å². The van der Waals surface area contributed by atoms with E-state index in [1.165, 1.54) is 9.88 Å². The van der Waals surface area contributed by atoms with E-state index >= 15 is 0 Å². The van der Waals surface area contributed by atoms with Crippen LogP contribution in [0.25, 0.3) is 0 Å². The number of halogens is 3. The van der Waals surface area contributed by atoms with E-state index in [2.05, 4.69) is 5.32 Å². The van der Waals surface area contributed by atoms with E-state index < -0.39 is 22.1 Å². The summed E-state index contributed by atoms with van der Waals surface area (Å²) in [5.74, 6) is -0.144. The van der Waals surface area contributed by atoms with Crippen molar-refractivity contribution in [2.45, 2.75) is 12.3 Å². The van der Waals surface area contributed by atoms with Gasteiger partial charge in [-0.2, -0.15) is 0 Å². The van der Waals surface area contributed by atoms with Crippen LogP contribution in [0.5, 0.6) is 0 Å². The zero-order chi connectivity index (χ0) is 15.1. The zero-order valence-corrected chi connectivity index (χ0v) is 9.60. The van der Waals surface area contributed by atoms with Gasteiger partial charge in [0.2, 0.25) is 0 Å². The number of hydrogen-bond donors (Lipinski definition) is 2. The number of hydrogen-bond acceptors (Lipinski definition) is 4. The van der Waals surface area contributed by atoms with Crippen LogP contribution in [0, 0.1) is 0 Å². The number of aromatic amines is 1. The molecule has 2 aliphatic rings. The number of urea groups is 1. The summed E-state index contributed by atoms with van der Waals surface area (Å²) in [6, 6.07) is 0.275. The molecule has 0 aliphatic carbocycles. The Labute approximate surface area is 107 Å². The van der Waals surface area contributed by atoms with E-state index in [-0.39, 0.29) is 18.0 Å². The number of fused-ring (bicyclic) bond motifs is 1. The molecule has 0 bridgehead atoms. The number of amides is 3. The highest BCUT2D eigenvalue weighted by atomic mass is 19.4. The van der Waals surface area contributed by atoms with Crippen molar-refractivity contribution in [1.82, 2.24) is 19.8 Å². The summed E-state index contributed by atoms with van der Waals surface area (Å²) in [4.78, 5) is 44.6. The number of carbonyl (C=O) groups excluding carboxylic acids is 2. The molecule has 1 atom stereocenters. The minimum Gasteiger partial charge on any atom is -0.308 e. The van der Waals surface area contributed by atoms with E-state index in [0.29, 0.717) is 18.8 Å². The van der Waals surface area contributed by atoms with E-state index in [1.54, 1.807) is 0 Å². The molecule has 0 aromatic carbocycles. The first kappa shape index (κ1) is 13.8. The van der Waals surface area contributed by atoms with Crippen LogP contribution in [0.3, 0.4) is 0 Å². The Kier molecular flexibility index (Phi) is 3.12. The molecule has 2 fully saturated rings. The molecule has 0 saturated carbocycles. The number of carbonyl (C=O) groups is 2. The van der Waals surface area contributed by atoms with Crippen LogP contribution < -0.4 is 16.6 Å². The van der Waals surface area contributed by atoms with Gasteiger partial charge in [-0.15, -0.1) is 13.2 Å². The Morgan fingerprint density at radius 1 is 1.20 bits per heavy atom. The van der Waals surface area contributed by atoms with Gasteiger partial charge in [-0.25, -0.2) is 14.2 Å². The third-order valence-corrected chi connectivity index (χ3v) is 2.50. The van der Waals surface area contributed by atoms with Crippen LogP contribution >= 0.6 is 0 Å². The number of H-pyrrole nitrogens is 1. The highest BCUT2D eigenvalue weighted by Crippen LogP contribution is 2.22. The maximum atomic E-state index is 11.8. The Morgan fingerprint density at radius 3 is 2.15 bits per heavy atom. The normalized spacial score (nSPS) is 19.9. The molecule has 11 heteroatoms. The lowest BCUT2D eigenvalue weighted by molar-refractivity contribution is -0.207. The molecule has 0 radical (unpaired) electrons. The van der Waals surface area contributed by atoms with Crippen LogP contribution in [0.15, 0.2) is 21.9 Å². The standard InChI is InChI=1S/C5H3F3N2O2.C4H4N2O2/c6-5(7,8)10-2-1-3(11)9-4(10)12;7-3-2-1-6(2)4(8)5-3/h1-2H,(H,9,11,12);2H,1H2,(H,5,7,8). The largest absolute Gasteiger partial charge is 0.492 e. The summed E-state index contributed by atoms with van der Waals surface area (Å²) in [6.45, 7) is 0.630. The van der Waals surface area contributed by atoms with Crippen LogP contribution in [-0.2, 0) is 11.1 Å². The molecular formula is C9H7F3N4O4. The molecular weight excluding hydrogens is 285 g/mol. The summed E-state index contributed by atoms with van der Waals surface area (Å²) in [6.07, 6.45) is -4.41. The first-order valence-electron chi connectivity index (χ1n) is 5.21. The van der Waals surface area contributed by atoms with Gasteiger partial charge < -0.3 is 4.90 Å². The van der Waals surface area contributed by atoms with Crippen LogP contribution in [0.4, 0.5) is 18.0 Å². The van der Waals surface area contributed by atoms with Crippen molar-refractivity contribution in [3.05, 3.63) is 33.1 Å². The monoisotopic (exact) mass is 292 g/mol. The van der Waals surface area contributed by atoms with Gasteiger partial charge in [0, 0.05) is 12.3 Å². The fourth-order valence-corrected chi connectivity index (χ4v) is 1.47. The average Bonchev–Trinajstić information content (AvgIpc) is 3.02. The van der Waals surface area contributed by atoms with E-state index in [4.69, 9.17) is 0 Å². The predicted octanol–water partition coefficient (Wildman–Crippen LogP) is -1.07. The second-order valence-corrected chi connectivity index (χ2v) is 3.91. The predicted molar refractivity (Wildman–Crippen MR) is 56.7 cm³/mol. The average molecular weight is 292 g/mol. The molecule has 3 amide bonds. The van der Waals surface area contributed by atoms with Gasteiger partial charge in [-0.1, -0.05) is 0 Å². The first-order chi connectivity index (χ1) is 9.20. The maximum absolute atomic E-state index is 11.8. The van der Waals surface area contributed by atoms with Crippen molar-refractivity contribution in [2.75, 3.05) is 6.54 Å². The van der Waals surface area contributed by atoms with E-state index in [0.717, 1.165) is 0 Å². The minimum absolute atomic E-state index is 0.109. The van der Waals surface area contributed by atoms with Crippen molar-refractivity contribution < 1.29 is 22.8 Å². The molecule has 1 aromatic rings. The second-order valence-electron chi connectivity index (χ2n) is 3.91. The Hall–Kier alpha value is -2.59. The van der Waals surface area contributed by atoms with Gasteiger partial charge in [-0.3, -0.25) is 19.9 Å². The van der Waals surface area contributed by atoms with Gasteiger partial charge in [0.1, 0.15) is 6.04 Å². The van der Waals surface area contributed by atoms with Gasteiger partial charge in [-0.05, 0) is 0 Å². The molecule has 2 N–H and O–H groups in total. The van der Waals surface area contributed by atoms with Gasteiger partial charge in [0.25, 0.3) is 11.5 Å². The number of nitrogens with zero attached hydrogens (tertiary/aromatic N) is 2. The Balaban J connectivity index is 0.000000157. The number of rotatable bonds is 0. The number of imide groups is 1. The van der Waals surface area contributed by atoms with Crippen molar-refractivity contribution in [1.29, 1.82) is 0 Å². The molecule has 108 valence electrons. The summed E-state index contributed by atoms with van der Waals surface area (Å²) in [5, 5.41) is 2.16. The summed E-state index contributed by atoms with van der Waals surface area (Å²) in [5.41, 5.74) is -2.35. The number of nitrogens with one attached hydrogen (secondary N) is 2. The molecule has 1 aromatic heterocycles. The summed E-state index contributed by atoms with van der Waals surface area (Å²) < 4.78 is 34.9. The third kappa shape index (κ3) is 2.70. The van der Waals surface area contributed by atoms with Crippen molar-refractivity contribution in [3.8, 4) is 0 Å². The summed E-state index contributed by atoms with van der Waals surface area (Å²) in [7, 11) is 0. The van der Waals surface area contributed by atoms with Crippen molar-refractivity contribution >= 4 is 11.9 Å². The SMILES string of the molecule is O=C1NC(=O)N2CC12.O=c1ccn(C(F)(F)F)c(=O)[nH]1. The Morgan fingerprint density at radius 2 is 1.85 bits per heavy atom. The lowest BCUT2D eigenvalue weighted by Crippen LogP contribution is -2.35. The van der Waals surface area contributed by atoms with Crippen molar-refractivity contribution in [2.24, 2.45) is 0 Å². The molecule has 3 heterocycles. The van der Waals surface area contributed by atoms with Gasteiger partial charge in [0.15, 0.2) is 0 Å². The topological polar surface area (TPSA) is 104 Å². The fraction of sp³-hybridized carbons (Fsp3) is 0.333. The molecule has 2 aliphatic heterocycles. The molecule has 20 heavy (non-hydrogen) atoms. The smallest absolute Gasteiger partial charge is 0.308 e. The summed E-state index contributed by atoms with van der Waals surface area (Å²) >= 11 is 0. The fourth-order valence-electron chi connectivity index (χ4n) is 1.47. The minimum atomic E-state index is -4.79. The van der Waals surface area contributed by atoms with Crippen LogP contribution in [0.2, 0.25) is 0 Å². The van der Waals surface area contributed by atoms with Crippen LogP contribution in [0.1, 0.15) is 0 Å². The maximum Gasteiger partial charge on any atom is 0.492 e. The first-order valence-corrected chi connectivity index (χ1v) is 5.21. The zero-order valence-electron chi connectivity index (χ0n) is 9.60. The van der Waals surface area contributed by atoms with E-state index in [1.807, 2.05) is 0 Å². The molecule has 1 unspecified atom stereocenters. The quantitative estimate of drug-likeness (QED) is 0.469. The number of aromatic nitrogens is 2. The molecule has 0 spiro atoms. The molecule has 2 saturated heterocycles. The highest BCUT2D eigenvalue weighted by molar-refractivity contribution is 6.08. The lowest BCUT2D eigenvalue weighted by Gasteiger charge is -2.06. The number of alkyl halides is 3. The second kappa shape index (κ2) is 4.51.